The molecule has 2 rings (SSSR count). The third-order valence-corrected chi connectivity index (χ3v) is 2.90. The molecule has 1 aromatic carbocycles. The molecule has 0 fully saturated rings. The molecule has 1 aliphatic rings. The zero-order chi connectivity index (χ0) is 13.2. The molecule has 1 aromatic rings. The molecule has 1 amide bonds. The van der Waals surface area contributed by atoms with Crippen LogP contribution >= 0.6 is 0 Å². The Morgan fingerprint density at radius 3 is 2.89 bits per heavy atom. The summed E-state index contributed by atoms with van der Waals surface area (Å²) in [7, 11) is 0. The lowest BCUT2D eigenvalue weighted by molar-refractivity contribution is -0.118. The highest BCUT2D eigenvalue weighted by molar-refractivity contribution is 5.72. The van der Waals surface area contributed by atoms with Crippen LogP contribution in [0.2, 0.25) is 0 Å². The van der Waals surface area contributed by atoms with Crippen molar-refractivity contribution in [2.45, 2.75) is 32.8 Å². The Labute approximate surface area is 108 Å². The van der Waals surface area contributed by atoms with Crippen LogP contribution < -0.4 is 10.1 Å². The lowest BCUT2D eigenvalue weighted by Crippen LogP contribution is -2.27. The van der Waals surface area contributed by atoms with Gasteiger partial charge in [0.2, 0.25) is 5.91 Å². The van der Waals surface area contributed by atoms with E-state index in [9.17, 15) is 4.79 Å². The SMILES string of the molecule is CC(=O)NCCc1ccc2c(c1)C=CC(C)(C)O2. The lowest BCUT2D eigenvalue weighted by Gasteiger charge is -2.28. The minimum atomic E-state index is -0.231. The van der Waals surface area contributed by atoms with Crippen LogP contribution in [0.1, 0.15) is 31.9 Å². The molecule has 3 heteroatoms. The summed E-state index contributed by atoms with van der Waals surface area (Å²) in [6.45, 7) is 6.28. The molecule has 1 aliphatic heterocycles. The number of fused-ring (bicyclic) bond motifs is 1. The first-order valence-electron chi connectivity index (χ1n) is 6.22. The summed E-state index contributed by atoms with van der Waals surface area (Å²) >= 11 is 0. The van der Waals surface area contributed by atoms with Gasteiger partial charge in [-0.1, -0.05) is 12.1 Å². The van der Waals surface area contributed by atoms with Crippen molar-refractivity contribution in [1.82, 2.24) is 5.32 Å². The molecule has 0 spiro atoms. The van der Waals surface area contributed by atoms with Gasteiger partial charge in [0.25, 0.3) is 0 Å². The summed E-state index contributed by atoms with van der Waals surface area (Å²) < 4.78 is 5.86. The van der Waals surface area contributed by atoms with E-state index in [0.717, 1.165) is 17.7 Å². The Morgan fingerprint density at radius 2 is 2.17 bits per heavy atom. The second-order valence-corrected chi connectivity index (χ2v) is 5.14. The molecule has 0 saturated heterocycles. The van der Waals surface area contributed by atoms with Crippen LogP contribution in [-0.4, -0.2) is 18.1 Å². The van der Waals surface area contributed by atoms with Gasteiger partial charge in [-0.3, -0.25) is 4.79 Å². The summed E-state index contributed by atoms with van der Waals surface area (Å²) in [4.78, 5) is 10.8. The van der Waals surface area contributed by atoms with E-state index in [1.807, 2.05) is 19.9 Å². The Kier molecular flexibility index (Phi) is 3.41. The highest BCUT2D eigenvalue weighted by Crippen LogP contribution is 2.31. The van der Waals surface area contributed by atoms with Crippen LogP contribution in [0.4, 0.5) is 0 Å². The number of carbonyl (C=O) groups excluding carboxylic acids is 1. The zero-order valence-electron chi connectivity index (χ0n) is 11.1. The number of ether oxygens (including phenoxy) is 1. The van der Waals surface area contributed by atoms with Crippen molar-refractivity contribution in [1.29, 1.82) is 0 Å². The fraction of sp³-hybridized carbons (Fsp3) is 0.400. The van der Waals surface area contributed by atoms with Crippen molar-refractivity contribution in [3.8, 4) is 5.75 Å². The van der Waals surface area contributed by atoms with E-state index in [0.29, 0.717) is 6.54 Å². The van der Waals surface area contributed by atoms with E-state index in [1.54, 1.807) is 0 Å². The summed E-state index contributed by atoms with van der Waals surface area (Å²) in [6, 6.07) is 6.17. The van der Waals surface area contributed by atoms with Gasteiger partial charge in [-0.2, -0.15) is 0 Å². The second kappa shape index (κ2) is 4.84. The van der Waals surface area contributed by atoms with Crippen LogP contribution in [0.15, 0.2) is 24.3 Å². The highest BCUT2D eigenvalue weighted by Gasteiger charge is 2.21. The molecular weight excluding hydrogens is 226 g/mol. The monoisotopic (exact) mass is 245 g/mol. The first-order valence-corrected chi connectivity index (χ1v) is 6.22. The quantitative estimate of drug-likeness (QED) is 0.888. The minimum Gasteiger partial charge on any atom is -0.483 e. The van der Waals surface area contributed by atoms with Gasteiger partial charge in [0, 0.05) is 19.0 Å². The first kappa shape index (κ1) is 12.7. The molecule has 18 heavy (non-hydrogen) atoms. The number of amides is 1. The molecule has 0 radical (unpaired) electrons. The van der Waals surface area contributed by atoms with E-state index in [2.05, 4.69) is 29.6 Å². The third-order valence-electron chi connectivity index (χ3n) is 2.90. The Morgan fingerprint density at radius 1 is 1.39 bits per heavy atom. The number of benzene rings is 1. The average Bonchev–Trinajstić information content (AvgIpc) is 2.28. The Hall–Kier alpha value is -1.77. The number of hydrogen-bond acceptors (Lipinski definition) is 2. The van der Waals surface area contributed by atoms with E-state index >= 15 is 0 Å². The number of hydrogen-bond donors (Lipinski definition) is 1. The van der Waals surface area contributed by atoms with Crippen molar-refractivity contribution in [3.63, 3.8) is 0 Å². The molecule has 1 N–H and O–H groups in total. The van der Waals surface area contributed by atoms with Crippen LogP contribution in [-0.2, 0) is 11.2 Å². The second-order valence-electron chi connectivity index (χ2n) is 5.14. The predicted octanol–water partition coefficient (Wildman–Crippen LogP) is 2.55. The summed E-state index contributed by atoms with van der Waals surface area (Å²) in [5.74, 6) is 0.934. The molecule has 0 saturated carbocycles. The van der Waals surface area contributed by atoms with Crippen molar-refractivity contribution >= 4 is 12.0 Å². The first-order chi connectivity index (χ1) is 8.46. The van der Waals surface area contributed by atoms with Crippen molar-refractivity contribution < 1.29 is 9.53 Å². The van der Waals surface area contributed by atoms with Crippen LogP contribution in [0.3, 0.4) is 0 Å². The Bertz CT molecular complexity index is 489. The predicted molar refractivity (Wildman–Crippen MR) is 72.6 cm³/mol. The van der Waals surface area contributed by atoms with Crippen LogP contribution in [0.25, 0.3) is 6.08 Å². The normalized spacial score (nSPS) is 15.7. The summed E-state index contributed by atoms with van der Waals surface area (Å²) in [5, 5.41) is 2.80. The van der Waals surface area contributed by atoms with Crippen molar-refractivity contribution in [2.24, 2.45) is 0 Å². The molecule has 96 valence electrons. The maximum Gasteiger partial charge on any atom is 0.216 e. The van der Waals surface area contributed by atoms with Gasteiger partial charge < -0.3 is 10.1 Å². The fourth-order valence-corrected chi connectivity index (χ4v) is 1.97. The molecular formula is C15H19NO2. The van der Waals surface area contributed by atoms with Gasteiger partial charge in [0.05, 0.1) is 0 Å². The zero-order valence-corrected chi connectivity index (χ0v) is 11.1. The minimum absolute atomic E-state index is 0.0120. The van der Waals surface area contributed by atoms with Crippen LogP contribution in [0, 0.1) is 0 Å². The van der Waals surface area contributed by atoms with Gasteiger partial charge in [-0.25, -0.2) is 0 Å². The smallest absolute Gasteiger partial charge is 0.216 e. The molecule has 0 atom stereocenters. The van der Waals surface area contributed by atoms with Gasteiger partial charge in [-0.05, 0) is 44.0 Å². The van der Waals surface area contributed by atoms with E-state index in [1.165, 1.54) is 12.5 Å². The molecule has 3 nitrogen and oxygen atoms in total. The van der Waals surface area contributed by atoms with Gasteiger partial charge >= 0.3 is 0 Å². The topological polar surface area (TPSA) is 38.3 Å². The number of carbonyl (C=O) groups is 1. The van der Waals surface area contributed by atoms with E-state index in [-0.39, 0.29) is 11.5 Å². The van der Waals surface area contributed by atoms with E-state index < -0.39 is 0 Å². The van der Waals surface area contributed by atoms with E-state index in [4.69, 9.17) is 4.74 Å². The number of rotatable bonds is 3. The van der Waals surface area contributed by atoms with Crippen molar-refractivity contribution in [2.75, 3.05) is 6.54 Å². The standard InChI is InChI=1S/C15H19NO2/c1-11(17)16-9-7-12-4-5-14-13(10-12)6-8-15(2,3)18-14/h4-6,8,10H,7,9H2,1-3H3,(H,16,17). The highest BCUT2D eigenvalue weighted by atomic mass is 16.5. The summed E-state index contributed by atoms with van der Waals surface area (Å²) in [6.07, 6.45) is 5.00. The molecule has 0 bridgehead atoms. The molecule has 0 unspecified atom stereocenters. The maximum absolute atomic E-state index is 10.8. The van der Waals surface area contributed by atoms with Gasteiger partial charge in [-0.15, -0.1) is 0 Å². The van der Waals surface area contributed by atoms with Crippen LogP contribution in [0.5, 0.6) is 5.75 Å². The number of nitrogens with one attached hydrogen (secondary N) is 1. The maximum atomic E-state index is 10.8. The molecule has 1 heterocycles. The summed E-state index contributed by atoms with van der Waals surface area (Å²) in [5.41, 5.74) is 2.08. The Balaban J connectivity index is 2.07. The molecule has 0 aromatic heterocycles. The third kappa shape index (κ3) is 3.13. The largest absolute Gasteiger partial charge is 0.483 e. The fourth-order valence-electron chi connectivity index (χ4n) is 1.97. The van der Waals surface area contributed by atoms with Gasteiger partial charge in [0.15, 0.2) is 0 Å². The lowest BCUT2D eigenvalue weighted by atomic mass is 10.00. The molecule has 0 aliphatic carbocycles. The average molecular weight is 245 g/mol. The van der Waals surface area contributed by atoms with Gasteiger partial charge in [0.1, 0.15) is 11.4 Å². The van der Waals surface area contributed by atoms with Crippen molar-refractivity contribution in [3.05, 3.63) is 35.4 Å².